The first kappa shape index (κ1) is 36.9. The Morgan fingerprint density at radius 1 is 0.288 bits per heavy atom. The standard InChI is InChI=1S/C61H38N4S/c1-4-16-42(17-5-1)63-53-25-13-10-22-47(53)50-36-39(28-33-56(50)63)45-31-32-46(40-29-34-57-51(37-40)48-23-11-14-26-54(48)64(57)43-18-6-2-7-19-43)60-59(45)62-61(66-60)41-30-35-58-52(38-41)49-24-12-15-27-55(49)65(58)44-20-8-3-9-21-44/h1-38H. The van der Waals surface area contributed by atoms with Crippen LogP contribution in [0.25, 0.3) is 126 Å². The summed E-state index contributed by atoms with van der Waals surface area (Å²) in [5.41, 5.74) is 17.3. The Kier molecular flexibility index (Phi) is 8.12. The van der Waals surface area contributed by atoms with E-state index in [0.29, 0.717) is 0 Å². The second kappa shape index (κ2) is 14.5. The predicted molar refractivity (Wildman–Crippen MR) is 279 cm³/mol. The topological polar surface area (TPSA) is 27.7 Å². The van der Waals surface area contributed by atoms with Gasteiger partial charge in [-0.25, -0.2) is 4.98 Å². The quantitative estimate of drug-likeness (QED) is 0.164. The van der Waals surface area contributed by atoms with Gasteiger partial charge in [-0.15, -0.1) is 11.3 Å². The van der Waals surface area contributed by atoms with E-state index < -0.39 is 0 Å². The number of rotatable bonds is 6. The van der Waals surface area contributed by atoms with Crippen molar-refractivity contribution in [2.75, 3.05) is 0 Å². The SMILES string of the molecule is c1ccc(-n2c3ccccc3c3cc(-c4nc5c(-c6ccc7c(c6)c6ccccc6n7-c6ccccc6)ccc(-c6ccc7c(c6)c6ccccc6n7-c6ccccc6)c5s4)ccc32)cc1. The number of para-hydroxylation sites is 6. The lowest BCUT2D eigenvalue weighted by molar-refractivity contribution is 1.18. The van der Waals surface area contributed by atoms with Crippen LogP contribution in [0, 0.1) is 0 Å². The maximum Gasteiger partial charge on any atom is 0.124 e. The molecule has 0 saturated carbocycles. The van der Waals surface area contributed by atoms with Crippen molar-refractivity contribution in [1.82, 2.24) is 18.7 Å². The molecule has 0 radical (unpaired) electrons. The van der Waals surface area contributed by atoms with E-state index in [1.807, 2.05) is 0 Å². The summed E-state index contributed by atoms with van der Waals surface area (Å²) in [5, 5.41) is 8.37. The fraction of sp³-hybridized carbons (Fsp3) is 0. The number of thiazole rings is 1. The third-order valence-corrected chi connectivity index (χ3v) is 14.6. The van der Waals surface area contributed by atoms with Gasteiger partial charge in [-0.1, -0.05) is 133 Å². The van der Waals surface area contributed by atoms with Crippen molar-refractivity contribution in [2.24, 2.45) is 0 Å². The van der Waals surface area contributed by atoms with Crippen LogP contribution in [0.5, 0.6) is 0 Å². The van der Waals surface area contributed by atoms with Crippen LogP contribution in [0.1, 0.15) is 0 Å². The number of benzene rings is 10. The average molecular weight is 859 g/mol. The summed E-state index contributed by atoms with van der Waals surface area (Å²) < 4.78 is 8.31. The Labute approximate surface area is 384 Å². The third-order valence-electron chi connectivity index (χ3n) is 13.5. The minimum atomic E-state index is 1.00. The van der Waals surface area contributed by atoms with Gasteiger partial charge in [-0.2, -0.15) is 0 Å². The van der Waals surface area contributed by atoms with Gasteiger partial charge < -0.3 is 13.7 Å². The maximum absolute atomic E-state index is 5.65. The van der Waals surface area contributed by atoms with Gasteiger partial charge in [-0.05, 0) is 108 Å². The van der Waals surface area contributed by atoms with Gasteiger partial charge >= 0.3 is 0 Å². The first-order valence-corrected chi connectivity index (χ1v) is 23.3. The van der Waals surface area contributed by atoms with E-state index in [2.05, 4.69) is 244 Å². The van der Waals surface area contributed by atoms with Crippen molar-refractivity contribution in [3.63, 3.8) is 0 Å². The fourth-order valence-corrected chi connectivity index (χ4v) is 11.7. The Morgan fingerprint density at radius 2 is 0.636 bits per heavy atom. The van der Waals surface area contributed by atoms with E-state index >= 15 is 0 Å². The maximum atomic E-state index is 5.65. The van der Waals surface area contributed by atoms with Crippen LogP contribution in [0.2, 0.25) is 0 Å². The number of fused-ring (bicyclic) bond motifs is 10. The summed E-state index contributed by atoms with van der Waals surface area (Å²) in [5.74, 6) is 0. The molecule has 14 aromatic rings. The highest BCUT2D eigenvalue weighted by atomic mass is 32.1. The zero-order valence-corrected chi connectivity index (χ0v) is 36.5. The highest BCUT2D eigenvalue weighted by Gasteiger charge is 2.21. The second-order valence-corrected chi connectivity index (χ2v) is 18.1. The summed E-state index contributed by atoms with van der Waals surface area (Å²) in [6.07, 6.45) is 0. The third kappa shape index (κ3) is 5.54. The molecule has 4 nitrogen and oxygen atoms in total. The lowest BCUT2D eigenvalue weighted by atomic mass is 9.97. The number of nitrogens with zero attached hydrogens (tertiary/aromatic N) is 4. The number of hydrogen-bond donors (Lipinski definition) is 0. The lowest BCUT2D eigenvalue weighted by Gasteiger charge is -2.10. The van der Waals surface area contributed by atoms with Crippen LogP contribution in [0.15, 0.2) is 231 Å². The normalized spacial score (nSPS) is 11.9. The Morgan fingerprint density at radius 3 is 1.09 bits per heavy atom. The minimum absolute atomic E-state index is 1.00. The Bertz CT molecular complexity index is 4020. The first-order valence-electron chi connectivity index (χ1n) is 22.5. The Balaban J connectivity index is 0.997. The molecule has 0 spiro atoms. The van der Waals surface area contributed by atoms with Crippen molar-refractivity contribution in [1.29, 1.82) is 0 Å². The molecule has 0 amide bonds. The summed E-state index contributed by atoms with van der Waals surface area (Å²) in [4.78, 5) is 5.65. The predicted octanol–water partition coefficient (Wildman–Crippen LogP) is 16.6. The molecule has 5 heteroatoms. The molecule has 308 valence electrons. The molecule has 0 bridgehead atoms. The molecule has 4 heterocycles. The van der Waals surface area contributed by atoms with Gasteiger partial charge in [0.25, 0.3) is 0 Å². The van der Waals surface area contributed by atoms with Crippen molar-refractivity contribution >= 4 is 87.0 Å². The van der Waals surface area contributed by atoms with E-state index in [-0.39, 0.29) is 0 Å². The van der Waals surface area contributed by atoms with Gasteiger partial charge in [0.05, 0.1) is 43.3 Å². The molecule has 0 N–H and O–H groups in total. The molecular formula is C61H38N4S. The number of hydrogen-bond acceptors (Lipinski definition) is 2. The molecule has 4 aromatic heterocycles. The van der Waals surface area contributed by atoms with Crippen molar-refractivity contribution in [3.05, 3.63) is 231 Å². The first-order chi connectivity index (χ1) is 32.7. The van der Waals surface area contributed by atoms with E-state index in [4.69, 9.17) is 4.98 Å². The van der Waals surface area contributed by atoms with E-state index in [0.717, 1.165) is 44.3 Å². The van der Waals surface area contributed by atoms with Gasteiger partial charge in [0.15, 0.2) is 0 Å². The second-order valence-electron chi connectivity index (χ2n) is 17.1. The summed E-state index contributed by atoms with van der Waals surface area (Å²) in [6.45, 7) is 0. The zero-order chi connectivity index (χ0) is 43.3. The monoisotopic (exact) mass is 858 g/mol. The molecule has 0 saturated heterocycles. The highest BCUT2D eigenvalue weighted by molar-refractivity contribution is 7.22. The van der Waals surface area contributed by atoms with Gasteiger partial charge in [-0.3, -0.25) is 0 Å². The largest absolute Gasteiger partial charge is 0.309 e. The fourth-order valence-electron chi connectivity index (χ4n) is 10.5. The molecule has 0 aliphatic rings. The molecule has 0 aliphatic carbocycles. The van der Waals surface area contributed by atoms with Crippen LogP contribution in [-0.4, -0.2) is 18.7 Å². The smallest absolute Gasteiger partial charge is 0.124 e. The van der Waals surface area contributed by atoms with Crippen LogP contribution in [0.4, 0.5) is 0 Å². The molecular weight excluding hydrogens is 821 g/mol. The molecule has 66 heavy (non-hydrogen) atoms. The van der Waals surface area contributed by atoms with Crippen LogP contribution in [-0.2, 0) is 0 Å². The molecule has 0 aliphatic heterocycles. The molecule has 14 rings (SSSR count). The van der Waals surface area contributed by atoms with Crippen molar-refractivity contribution in [3.8, 4) is 49.9 Å². The lowest BCUT2D eigenvalue weighted by Crippen LogP contribution is -1.93. The van der Waals surface area contributed by atoms with Crippen molar-refractivity contribution in [2.45, 2.75) is 0 Å². The van der Waals surface area contributed by atoms with Gasteiger partial charge in [0.1, 0.15) is 5.01 Å². The van der Waals surface area contributed by atoms with E-state index in [9.17, 15) is 0 Å². The summed E-state index contributed by atoms with van der Waals surface area (Å²) >= 11 is 1.79. The van der Waals surface area contributed by atoms with Crippen molar-refractivity contribution < 1.29 is 0 Å². The Hall–Kier alpha value is -8.51. The van der Waals surface area contributed by atoms with Crippen LogP contribution < -0.4 is 0 Å². The van der Waals surface area contributed by atoms with Gasteiger partial charge in [0.2, 0.25) is 0 Å². The van der Waals surface area contributed by atoms with Gasteiger partial charge in [0, 0.05) is 66.1 Å². The van der Waals surface area contributed by atoms with E-state index in [1.165, 1.54) is 81.2 Å². The highest BCUT2D eigenvalue weighted by Crippen LogP contribution is 2.45. The summed E-state index contributed by atoms with van der Waals surface area (Å²) in [6, 6.07) is 83.7. The average Bonchev–Trinajstić information content (AvgIpc) is 4.15. The number of aromatic nitrogens is 4. The zero-order valence-electron chi connectivity index (χ0n) is 35.6. The van der Waals surface area contributed by atoms with E-state index in [1.54, 1.807) is 11.3 Å². The summed E-state index contributed by atoms with van der Waals surface area (Å²) in [7, 11) is 0. The van der Waals surface area contributed by atoms with Crippen LogP contribution in [0.3, 0.4) is 0 Å². The molecule has 0 atom stereocenters. The molecule has 0 unspecified atom stereocenters. The molecule has 0 fully saturated rings. The molecule has 10 aromatic carbocycles. The minimum Gasteiger partial charge on any atom is -0.309 e. The van der Waals surface area contributed by atoms with Crippen LogP contribution >= 0.6 is 11.3 Å².